The van der Waals surface area contributed by atoms with Gasteiger partial charge in [0, 0.05) is 11.8 Å². The molecule has 0 saturated heterocycles. The standard InChI is InChI=1S/C15H22O/c1-10(2)13-9-14(16)12(4)15(13)7-5-11(3)6-8-15/h5,10,13H,4,6-9H2,1-3H3/t13-,15-/m1/s1. The topological polar surface area (TPSA) is 17.1 Å². The van der Waals surface area contributed by atoms with Crippen LogP contribution in [0.1, 0.15) is 46.5 Å². The molecule has 1 heteroatoms. The van der Waals surface area contributed by atoms with Crippen LogP contribution in [0, 0.1) is 17.3 Å². The monoisotopic (exact) mass is 218 g/mol. The maximum atomic E-state index is 11.9. The van der Waals surface area contributed by atoms with Gasteiger partial charge in [-0.15, -0.1) is 0 Å². The maximum Gasteiger partial charge on any atom is 0.159 e. The molecule has 2 rings (SSSR count). The van der Waals surface area contributed by atoms with E-state index < -0.39 is 0 Å². The van der Waals surface area contributed by atoms with E-state index in [0.717, 1.165) is 31.3 Å². The first-order valence-electron chi connectivity index (χ1n) is 6.35. The Morgan fingerprint density at radius 2 is 2.19 bits per heavy atom. The van der Waals surface area contributed by atoms with Crippen LogP contribution >= 0.6 is 0 Å². The number of carbonyl (C=O) groups excluding carboxylic acids is 1. The van der Waals surface area contributed by atoms with Gasteiger partial charge in [0.15, 0.2) is 5.78 Å². The molecule has 0 aromatic rings. The van der Waals surface area contributed by atoms with Crippen LogP contribution in [0.4, 0.5) is 0 Å². The molecule has 1 nitrogen and oxygen atoms in total. The minimum Gasteiger partial charge on any atom is -0.295 e. The molecule has 2 aliphatic rings. The lowest BCUT2D eigenvalue weighted by Gasteiger charge is -2.40. The average molecular weight is 218 g/mol. The van der Waals surface area contributed by atoms with Crippen molar-refractivity contribution in [2.75, 3.05) is 0 Å². The Hall–Kier alpha value is -0.850. The lowest BCUT2D eigenvalue weighted by atomic mass is 9.63. The Morgan fingerprint density at radius 3 is 2.69 bits per heavy atom. The number of hydrogen-bond donors (Lipinski definition) is 0. The van der Waals surface area contributed by atoms with Crippen molar-refractivity contribution < 1.29 is 4.79 Å². The van der Waals surface area contributed by atoms with Crippen molar-refractivity contribution in [3.63, 3.8) is 0 Å². The molecule has 2 aliphatic carbocycles. The predicted molar refractivity (Wildman–Crippen MR) is 67.1 cm³/mol. The van der Waals surface area contributed by atoms with Gasteiger partial charge in [0.1, 0.15) is 0 Å². The van der Waals surface area contributed by atoms with Crippen molar-refractivity contribution in [1.29, 1.82) is 0 Å². The third-order valence-electron chi connectivity index (χ3n) is 4.64. The van der Waals surface area contributed by atoms with Crippen LogP contribution in [-0.4, -0.2) is 5.78 Å². The number of Topliss-reactive ketones (excluding diaryl/α,β-unsaturated/α-hetero) is 1. The molecule has 0 heterocycles. The minimum absolute atomic E-state index is 0.102. The normalized spacial score (nSPS) is 35.0. The first kappa shape index (κ1) is 11.6. The van der Waals surface area contributed by atoms with Gasteiger partial charge in [0.2, 0.25) is 0 Å². The number of hydrogen-bond acceptors (Lipinski definition) is 1. The average Bonchev–Trinajstić information content (AvgIpc) is 2.48. The fraction of sp³-hybridized carbons (Fsp3) is 0.667. The fourth-order valence-corrected chi connectivity index (χ4v) is 3.49. The smallest absolute Gasteiger partial charge is 0.159 e. The Kier molecular flexibility index (Phi) is 2.81. The van der Waals surface area contributed by atoms with E-state index in [9.17, 15) is 4.79 Å². The summed E-state index contributed by atoms with van der Waals surface area (Å²) in [6.07, 6.45) is 6.34. The molecule has 1 fully saturated rings. The number of rotatable bonds is 1. The van der Waals surface area contributed by atoms with Crippen LogP contribution in [0.2, 0.25) is 0 Å². The van der Waals surface area contributed by atoms with Crippen LogP contribution < -0.4 is 0 Å². The highest BCUT2D eigenvalue weighted by molar-refractivity contribution is 5.99. The highest BCUT2D eigenvalue weighted by Crippen LogP contribution is 2.55. The van der Waals surface area contributed by atoms with Crippen molar-refractivity contribution in [2.45, 2.75) is 46.5 Å². The molecule has 0 amide bonds. The second-order valence-corrected chi connectivity index (χ2v) is 5.87. The molecule has 0 bridgehead atoms. The molecule has 1 saturated carbocycles. The summed E-state index contributed by atoms with van der Waals surface area (Å²) in [4.78, 5) is 11.9. The second kappa shape index (κ2) is 3.87. The van der Waals surface area contributed by atoms with Gasteiger partial charge in [-0.05, 0) is 43.6 Å². The van der Waals surface area contributed by atoms with Crippen molar-refractivity contribution in [3.8, 4) is 0 Å². The van der Waals surface area contributed by atoms with Crippen LogP contribution in [0.15, 0.2) is 23.8 Å². The van der Waals surface area contributed by atoms with Crippen molar-refractivity contribution in [2.24, 2.45) is 17.3 Å². The van der Waals surface area contributed by atoms with Gasteiger partial charge in [-0.25, -0.2) is 0 Å². The summed E-state index contributed by atoms with van der Waals surface area (Å²) < 4.78 is 0. The highest BCUT2D eigenvalue weighted by atomic mass is 16.1. The number of carbonyl (C=O) groups is 1. The van der Waals surface area contributed by atoms with Gasteiger partial charge in [-0.2, -0.15) is 0 Å². The summed E-state index contributed by atoms with van der Waals surface area (Å²) in [6, 6.07) is 0. The molecule has 16 heavy (non-hydrogen) atoms. The van der Waals surface area contributed by atoms with E-state index in [4.69, 9.17) is 0 Å². The van der Waals surface area contributed by atoms with Gasteiger partial charge in [-0.1, -0.05) is 32.1 Å². The lowest BCUT2D eigenvalue weighted by molar-refractivity contribution is -0.115. The third kappa shape index (κ3) is 1.57. The SMILES string of the molecule is C=C1C(=O)C[C@H](C(C)C)[C@@]12CC=C(C)CC2. The lowest BCUT2D eigenvalue weighted by Crippen LogP contribution is -2.32. The molecule has 0 aromatic heterocycles. The van der Waals surface area contributed by atoms with Crippen molar-refractivity contribution in [3.05, 3.63) is 23.8 Å². The summed E-state index contributed by atoms with van der Waals surface area (Å²) in [5, 5.41) is 0. The predicted octanol–water partition coefficient (Wildman–Crippen LogP) is 3.90. The minimum atomic E-state index is 0.102. The third-order valence-corrected chi connectivity index (χ3v) is 4.64. The summed E-state index contributed by atoms with van der Waals surface area (Å²) in [6.45, 7) is 10.8. The van der Waals surface area contributed by atoms with Gasteiger partial charge in [0.05, 0.1) is 0 Å². The van der Waals surface area contributed by atoms with E-state index in [1.54, 1.807) is 0 Å². The molecule has 1 spiro atoms. The molecular formula is C15H22O. The molecule has 0 unspecified atom stereocenters. The first-order chi connectivity index (χ1) is 7.47. The largest absolute Gasteiger partial charge is 0.295 e. The van der Waals surface area contributed by atoms with Gasteiger partial charge in [0.25, 0.3) is 0 Å². The van der Waals surface area contributed by atoms with E-state index >= 15 is 0 Å². The Labute approximate surface area is 98.6 Å². The summed E-state index contributed by atoms with van der Waals surface area (Å²) in [5.41, 5.74) is 2.49. The molecule has 0 radical (unpaired) electrons. The number of allylic oxidation sites excluding steroid dienone is 3. The maximum absolute atomic E-state index is 11.9. The first-order valence-corrected chi connectivity index (χ1v) is 6.35. The van der Waals surface area contributed by atoms with Gasteiger partial charge in [-0.3, -0.25) is 4.79 Å². The van der Waals surface area contributed by atoms with Crippen molar-refractivity contribution in [1.82, 2.24) is 0 Å². The molecular weight excluding hydrogens is 196 g/mol. The highest BCUT2D eigenvalue weighted by Gasteiger charge is 2.50. The summed E-state index contributed by atoms with van der Waals surface area (Å²) >= 11 is 0. The Bertz CT molecular complexity index is 362. The number of ketones is 1. The molecule has 0 aliphatic heterocycles. The molecule has 88 valence electrons. The van der Waals surface area contributed by atoms with Crippen LogP contribution in [0.5, 0.6) is 0 Å². The van der Waals surface area contributed by atoms with E-state index in [1.165, 1.54) is 5.57 Å². The van der Waals surface area contributed by atoms with Gasteiger partial charge >= 0.3 is 0 Å². The molecule has 0 aromatic carbocycles. The van der Waals surface area contributed by atoms with Crippen molar-refractivity contribution >= 4 is 5.78 Å². The van der Waals surface area contributed by atoms with E-state index in [2.05, 4.69) is 33.4 Å². The zero-order valence-corrected chi connectivity index (χ0v) is 10.7. The van der Waals surface area contributed by atoms with Crippen LogP contribution in [0.25, 0.3) is 0 Å². The van der Waals surface area contributed by atoms with E-state index in [1.807, 2.05) is 0 Å². The van der Waals surface area contributed by atoms with Crippen LogP contribution in [-0.2, 0) is 4.79 Å². The zero-order valence-electron chi connectivity index (χ0n) is 10.7. The summed E-state index contributed by atoms with van der Waals surface area (Å²) in [5.74, 6) is 1.40. The molecule has 0 N–H and O–H groups in total. The van der Waals surface area contributed by atoms with Gasteiger partial charge < -0.3 is 0 Å². The Morgan fingerprint density at radius 1 is 1.50 bits per heavy atom. The Balaban J connectivity index is 2.36. The van der Waals surface area contributed by atoms with E-state index in [-0.39, 0.29) is 5.41 Å². The zero-order chi connectivity index (χ0) is 11.9. The quantitative estimate of drug-likeness (QED) is 0.482. The van der Waals surface area contributed by atoms with Crippen LogP contribution in [0.3, 0.4) is 0 Å². The fourth-order valence-electron chi connectivity index (χ4n) is 3.49. The summed E-state index contributed by atoms with van der Waals surface area (Å²) in [7, 11) is 0. The van der Waals surface area contributed by atoms with E-state index in [0.29, 0.717) is 17.6 Å². The second-order valence-electron chi connectivity index (χ2n) is 5.87. The molecule has 2 atom stereocenters.